The standard InChI is InChI=1S/C11H14F6O/c12-10(13,14)9(11(15,16)17)8(18)7-5-3-1-2-4-6-7/h5,8-9,18H,1-4,6H2. The highest BCUT2D eigenvalue weighted by Gasteiger charge is 2.60. The molecule has 0 aromatic heterocycles. The van der Waals surface area contributed by atoms with Crippen LogP contribution in [-0.4, -0.2) is 23.6 Å². The Balaban J connectivity index is 2.95. The average Bonchev–Trinajstić information content (AvgIpc) is 2.40. The zero-order valence-electron chi connectivity index (χ0n) is 9.48. The Morgan fingerprint density at radius 2 is 1.50 bits per heavy atom. The topological polar surface area (TPSA) is 20.2 Å². The van der Waals surface area contributed by atoms with E-state index in [2.05, 4.69) is 0 Å². The maximum Gasteiger partial charge on any atom is 0.403 e. The Kier molecular flexibility index (Phi) is 4.69. The molecule has 106 valence electrons. The molecule has 0 fully saturated rings. The maximum atomic E-state index is 12.4. The van der Waals surface area contributed by atoms with Crippen molar-refractivity contribution in [2.75, 3.05) is 0 Å². The van der Waals surface area contributed by atoms with Gasteiger partial charge in [-0.05, 0) is 31.3 Å². The van der Waals surface area contributed by atoms with Gasteiger partial charge in [-0.15, -0.1) is 0 Å². The Morgan fingerprint density at radius 1 is 0.944 bits per heavy atom. The van der Waals surface area contributed by atoms with Crippen LogP contribution in [0.5, 0.6) is 0 Å². The third kappa shape index (κ3) is 3.90. The van der Waals surface area contributed by atoms with E-state index >= 15 is 0 Å². The fourth-order valence-corrected chi connectivity index (χ4v) is 2.07. The molecule has 1 atom stereocenters. The molecule has 0 saturated carbocycles. The van der Waals surface area contributed by atoms with Gasteiger partial charge in [0.1, 0.15) is 0 Å². The molecule has 0 aromatic carbocycles. The van der Waals surface area contributed by atoms with Crippen molar-refractivity contribution in [2.45, 2.75) is 50.6 Å². The molecular weight excluding hydrogens is 262 g/mol. The van der Waals surface area contributed by atoms with Crippen LogP contribution >= 0.6 is 0 Å². The Hall–Kier alpha value is -0.720. The van der Waals surface area contributed by atoms with E-state index in [4.69, 9.17) is 0 Å². The van der Waals surface area contributed by atoms with Crippen LogP contribution in [0.2, 0.25) is 0 Å². The molecule has 1 rings (SSSR count). The van der Waals surface area contributed by atoms with Gasteiger partial charge < -0.3 is 5.11 Å². The minimum absolute atomic E-state index is 0.0871. The van der Waals surface area contributed by atoms with E-state index in [1.54, 1.807) is 0 Å². The fourth-order valence-electron chi connectivity index (χ4n) is 2.07. The number of aliphatic hydroxyl groups is 1. The predicted octanol–water partition coefficient (Wildman–Crippen LogP) is 3.98. The third-order valence-corrected chi connectivity index (χ3v) is 2.98. The summed E-state index contributed by atoms with van der Waals surface area (Å²) >= 11 is 0. The number of aliphatic hydroxyl groups excluding tert-OH is 1. The van der Waals surface area contributed by atoms with Crippen LogP contribution in [0.4, 0.5) is 26.3 Å². The second-order valence-electron chi connectivity index (χ2n) is 4.38. The van der Waals surface area contributed by atoms with Crippen LogP contribution in [0.15, 0.2) is 11.6 Å². The molecule has 18 heavy (non-hydrogen) atoms. The van der Waals surface area contributed by atoms with Gasteiger partial charge in [-0.25, -0.2) is 0 Å². The lowest BCUT2D eigenvalue weighted by Gasteiger charge is -2.28. The molecule has 0 spiro atoms. The molecular formula is C11H14F6O. The van der Waals surface area contributed by atoms with Crippen LogP contribution < -0.4 is 0 Å². The van der Waals surface area contributed by atoms with Crippen LogP contribution in [0.1, 0.15) is 32.1 Å². The summed E-state index contributed by atoms with van der Waals surface area (Å²) < 4.78 is 74.5. The zero-order valence-corrected chi connectivity index (χ0v) is 9.48. The van der Waals surface area contributed by atoms with Gasteiger partial charge in [0.25, 0.3) is 0 Å². The van der Waals surface area contributed by atoms with Gasteiger partial charge in [-0.3, -0.25) is 0 Å². The summed E-state index contributed by atoms with van der Waals surface area (Å²) in [6.45, 7) is 0. The molecule has 1 N–H and O–H groups in total. The Labute approximate surface area is 100 Å². The van der Waals surface area contributed by atoms with Crippen LogP contribution in [-0.2, 0) is 0 Å². The molecule has 0 saturated heterocycles. The summed E-state index contributed by atoms with van der Waals surface area (Å²) in [6.07, 6.45) is -9.74. The molecule has 1 nitrogen and oxygen atoms in total. The first-order valence-corrected chi connectivity index (χ1v) is 5.64. The van der Waals surface area contributed by atoms with Crippen molar-refractivity contribution in [3.8, 4) is 0 Å². The van der Waals surface area contributed by atoms with E-state index in [0.29, 0.717) is 12.8 Å². The summed E-state index contributed by atoms with van der Waals surface area (Å²) in [5.41, 5.74) is -0.146. The van der Waals surface area contributed by atoms with Gasteiger partial charge in [0.2, 0.25) is 0 Å². The normalized spacial score (nSPS) is 20.6. The van der Waals surface area contributed by atoms with Gasteiger partial charge in [-0.2, -0.15) is 26.3 Å². The van der Waals surface area contributed by atoms with E-state index in [-0.39, 0.29) is 12.0 Å². The fraction of sp³-hybridized carbons (Fsp3) is 0.818. The van der Waals surface area contributed by atoms with E-state index in [9.17, 15) is 31.4 Å². The van der Waals surface area contributed by atoms with Gasteiger partial charge in [-0.1, -0.05) is 12.5 Å². The van der Waals surface area contributed by atoms with Crippen molar-refractivity contribution < 1.29 is 31.4 Å². The minimum atomic E-state index is -5.50. The molecule has 0 heterocycles. The highest BCUT2D eigenvalue weighted by molar-refractivity contribution is 5.12. The number of hydrogen-bond donors (Lipinski definition) is 1. The Bertz CT molecular complexity index is 290. The molecule has 0 amide bonds. The maximum absolute atomic E-state index is 12.4. The number of hydrogen-bond acceptors (Lipinski definition) is 1. The highest BCUT2D eigenvalue weighted by atomic mass is 19.4. The van der Waals surface area contributed by atoms with E-state index in [1.165, 1.54) is 6.08 Å². The molecule has 0 radical (unpaired) electrons. The van der Waals surface area contributed by atoms with Gasteiger partial charge >= 0.3 is 12.4 Å². The molecule has 7 heteroatoms. The monoisotopic (exact) mass is 276 g/mol. The van der Waals surface area contributed by atoms with Crippen molar-refractivity contribution in [1.82, 2.24) is 0 Å². The largest absolute Gasteiger partial charge is 0.403 e. The number of halogens is 6. The summed E-state index contributed by atoms with van der Waals surface area (Å²) in [5.74, 6) is -3.70. The van der Waals surface area contributed by atoms with Gasteiger partial charge in [0, 0.05) is 0 Å². The first-order valence-electron chi connectivity index (χ1n) is 5.64. The Morgan fingerprint density at radius 3 is 2.00 bits per heavy atom. The first kappa shape index (κ1) is 15.3. The van der Waals surface area contributed by atoms with Crippen molar-refractivity contribution in [3.63, 3.8) is 0 Å². The lowest BCUT2D eigenvalue weighted by molar-refractivity contribution is -0.302. The van der Waals surface area contributed by atoms with Crippen molar-refractivity contribution in [2.24, 2.45) is 5.92 Å². The summed E-state index contributed by atoms with van der Waals surface area (Å²) in [7, 11) is 0. The van der Waals surface area contributed by atoms with E-state index in [0.717, 1.165) is 12.8 Å². The number of rotatable bonds is 2. The first-order chi connectivity index (χ1) is 8.14. The van der Waals surface area contributed by atoms with Crippen LogP contribution in [0, 0.1) is 5.92 Å². The summed E-state index contributed by atoms with van der Waals surface area (Å²) in [4.78, 5) is 0. The lowest BCUT2D eigenvalue weighted by Crippen LogP contribution is -2.45. The summed E-state index contributed by atoms with van der Waals surface area (Å²) in [6, 6.07) is 0. The quantitative estimate of drug-likeness (QED) is 0.597. The van der Waals surface area contributed by atoms with Crippen molar-refractivity contribution in [3.05, 3.63) is 11.6 Å². The number of alkyl halides is 6. The zero-order chi connectivity index (χ0) is 14.0. The van der Waals surface area contributed by atoms with Crippen molar-refractivity contribution >= 4 is 0 Å². The van der Waals surface area contributed by atoms with E-state index < -0.39 is 24.4 Å². The molecule has 1 unspecified atom stereocenters. The van der Waals surface area contributed by atoms with Gasteiger partial charge in [0.05, 0.1) is 6.10 Å². The molecule has 0 bridgehead atoms. The molecule has 0 aromatic rings. The van der Waals surface area contributed by atoms with Crippen LogP contribution in [0.3, 0.4) is 0 Å². The third-order valence-electron chi connectivity index (χ3n) is 2.98. The molecule has 0 aliphatic heterocycles. The SMILES string of the molecule is OC(C1=CCCCCC1)C(C(F)(F)F)C(F)(F)F. The number of allylic oxidation sites excluding steroid dienone is 1. The van der Waals surface area contributed by atoms with Gasteiger partial charge in [0.15, 0.2) is 5.92 Å². The smallest absolute Gasteiger partial charge is 0.388 e. The molecule has 1 aliphatic carbocycles. The second-order valence-corrected chi connectivity index (χ2v) is 4.38. The van der Waals surface area contributed by atoms with Crippen molar-refractivity contribution in [1.29, 1.82) is 0 Å². The second kappa shape index (κ2) is 5.50. The summed E-state index contributed by atoms with van der Waals surface area (Å²) in [5, 5.41) is 9.42. The molecule has 1 aliphatic rings. The highest BCUT2D eigenvalue weighted by Crippen LogP contribution is 2.43. The predicted molar refractivity (Wildman–Crippen MR) is 52.8 cm³/mol. The average molecular weight is 276 g/mol. The van der Waals surface area contributed by atoms with Crippen LogP contribution in [0.25, 0.3) is 0 Å². The van der Waals surface area contributed by atoms with E-state index in [1.807, 2.05) is 0 Å². The minimum Gasteiger partial charge on any atom is -0.388 e. The lowest BCUT2D eigenvalue weighted by atomic mass is 9.91.